The Morgan fingerprint density at radius 1 is 1.47 bits per heavy atom. The molecule has 1 heterocycles. The normalized spacial score (nSPS) is 17.4. The lowest BCUT2D eigenvalue weighted by Crippen LogP contribution is -2.21. The first-order valence-electron chi connectivity index (χ1n) is 6.57. The molecule has 2 N–H and O–H groups in total. The van der Waals surface area contributed by atoms with E-state index in [2.05, 4.69) is 29.1 Å². The number of aryl methyl sites for hydroxylation is 1. The van der Waals surface area contributed by atoms with Crippen LogP contribution in [-0.4, -0.2) is 16.5 Å². The van der Waals surface area contributed by atoms with Gasteiger partial charge in [-0.25, -0.2) is 4.98 Å². The van der Waals surface area contributed by atoms with Crippen LogP contribution in [0.5, 0.6) is 0 Å². The molecule has 0 amide bonds. The smallest absolute Gasteiger partial charge is 0.151 e. The van der Waals surface area contributed by atoms with E-state index in [1.165, 1.54) is 19.3 Å². The van der Waals surface area contributed by atoms with Crippen molar-refractivity contribution in [3.8, 4) is 0 Å². The molecule has 0 aliphatic heterocycles. The molecule has 0 radical (unpaired) electrons. The number of rotatable bonds is 7. The molecule has 96 valence electrons. The number of imidazole rings is 1. The van der Waals surface area contributed by atoms with Crippen LogP contribution >= 0.6 is 11.6 Å². The fraction of sp³-hybridized carbons (Fsp3) is 0.769. The zero-order chi connectivity index (χ0) is 12.3. The van der Waals surface area contributed by atoms with E-state index < -0.39 is 0 Å². The quantitative estimate of drug-likeness (QED) is 0.785. The highest BCUT2D eigenvalue weighted by Gasteiger charge is 2.36. The first kappa shape index (κ1) is 12.9. The zero-order valence-corrected chi connectivity index (χ0v) is 11.5. The predicted octanol–water partition coefficient (Wildman–Crippen LogP) is 3.30. The van der Waals surface area contributed by atoms with Gasteiger partial charge in [0.15, 0.2) is 5.15 Å². The zero-order valence-electron chi connectivity index (χ0n) is 10.8. The molecule has 0 saturated heterocycles. The van der Waals surface area contributed by atoms with Gasteiger partial charge in [-0.1, -0.05) is 31.9 Å². The van der Waals surface area contributed by atoms with E-state index in [1.807, 2.05) is 0 Å². The molecule has 1 aliphatic rings. The minimum Gasteiger partial charge on any atom is -0.344 e. The fourth-order valence-electron chi connectivity index (χ4n) is 1.90. The number of nitrogens with zero attached hydrogens (tertiary/aromatic N) is 1. The molecule has 3 nitrogen and oxygen atoms in total. The van der Waals surface area contributed by atoms with Crippen LogP contribution in [0.2, 0.25) is 5.15 Å². The van der Waals surface area contributed by atoms with Crippen LogP contribution in [-0.2, 0) is 13.0 Å². The minimum absolute atomic E-state index is 0.539. The maximum Gasteiger partial charge on any atom is 0.151 e. The van der Waals surface area contributed by atoms with Crippen LogP contribution in [0, 0.1) is 5.41 Å². The lowest BCUT2D eigenvalue weighted by molar-refractivity contribution is 0.497. The van der Waals surface area contributed by atoms with Crippen LogP contribution in [0.4, 0.5) is 0 Å². The molecular weight excluding hydrogens is 234 g/mol. The summed E-state index contributed by atoms with van der Waals surface area (Å²) >= 11 is 6.11. The van der Waals surface area contributed by atoms with Crippen molar-refractivity contribution >= 4 is 11.6 Å². The average molecular weight is 256 g/mol. The van der Waals surface area contributed by atoms with Gasteiger partial charge >= 0.3 is 0 Å². The van der Waals surface area contributed by atoms with Gasteiger partial charge in [0.05, 0.1) is 5.69 Å². The SMILES string of the molecule is CCCCc1nc(Cl)c(CNCC2(C)CC2)[nH]1. The Labute approximate surface area is 108 Å². The van der Waals surface area contributed by atoms with E-state index in [9.17, 15) is 0 Å². The molecule has 0 atom stereocenters. The standard InChI is InChI=1S/C13H22ClN3/c1-3-4-5-11-16-10(12(14)17-11)8-15-9-13(2)6-7-13/h15H,3-9H2,1-2H3,(H,16,17). The van der Waals surface area contributed by atoms with Crippen molar-refractivity contribution < 1.29 is 0 Å². The number of aromatic nitrogens is 2. The second-order valence-electron chi connectivity index (χ2n) is 5.47. The fourth-order valence-corrected chi connectivity index (χ4v) is 2.11. The first-order valence-corrected chi connectivity index (χ1v) is 6.95. The van der Waals surface area contributed by atoms with Crippen molar-refractivity contribution in [2.75, 3.05) is 6.54 Å². The third kappa shape index (κ3) is 3.71. The highest BCUT2D eigenvalue weighted by atomic mass is 35.5. The molecule has 1 fully saturated rings. The summed E-state index contributed by atoms with van der Waals surface area (Å²) in [4.78, 5) is 7.67. The number of halogens is 1. The summed E-state index contributed by atoms with van der Waals surface area (Å²) in [6.07, 6.45) is 6.03. The Kier molecular flexibility index (Phi) is 4.10. The van der Waals surface area contributed by atoms with E-state index >= 15 is 0 Å². The van der Waals surface area contributed by atoms with Crippen molar-refractivity contribution in [1.82, 2.24) is 15.3 Å². The second-order valence-corrected chi connectivity index (χ2v) is 5.83. The van der Waals surface area contributed by atoms with Gasteiger partial charge in [0.25, 0.3) is 0 Å². The van der Waals surface area contributed by atoms with Gasteiger partial charge in [-0.2, -0.15) is 0 Å². The molecule has 17 heavy (non-hydrogen) atoms. The molecule has 1 aromatic heterocycles. The highest BCUT2D eigenvalue weighted by Crippen LogP contribution is 2.44. The number of H-pyrrole nitrogens is 1. The van der Waals surface area contributed by atoms with Gasteiger partial charge in [0, 0.05) is 19.5 Å². The van der Waals surface area contributed by atoms with Crippen LogP contribution in [0.25, 0.3) is 0 Å². The Hall–Kier alpha value is -0.540. The number of unbranched alkanes of at least 4 members (excludes halogenated alkanes) is 1. The van der Waals surface area contributed by atoms with E-state index in [0.29, 0.717) is 10.6 Å². The predicted molar refractivity (Wildman–Crippen MR) is 71.3 cm³/mol. The summed E-state index contributed by atoms with van der Waals surface area (Å²) in [5.74, 6) is 1.02. The highest BCUT2D eigenvalue weighted by molar-refractivity contribution is 6.30. The Morgan fingerprint density at radius 2 is 2.24 bits per heavy atom. The summed E-state index contributed by atoms with van der Waals surface area (Å²) in [5, 5.41) is 4.09. The van der Waals surface area contributed by atoms with Crippen LogP contribution in [0.15, 0.2) is 0 Å². The van der Waals surface area contributed by atoms with Crippen molar-refractivity contribution in [3.63, 3.8) is 0 Å². The lowest BCUT2D eigenvalue weighted by Gasteiger charge is -2.08. The van der Waals surface area contributed by atoms with Crippen molar-refractivity contribution in [2.24, 2.45) is 5.41 Å². The third-order valence-corrected chi connectivity index (χ3v) is 3.81. The molecule has 0 bridgehead atoms. The summed E-state index contributed by atoms with van der Waals surface area (Å²) in [5.41, 5.74) is 1.57. The van der Waals surface area contributed by atoms with Gasteiger partial charge in [0.2, 0.25) is 0 Å². The lowest BCUT2D eigenvalue weighted by atomic mass is 10.1. The summed E-state index contributed by atoms with van der Waals surface area (Å²) in [6.45, 7) is 6.38. The maximum atomic E-state index is 6.11. The van der Waals surface area contributed by atoms with E-state index in [1.54, 1.807) is 0 Å². The van der Waals surface area contributed by atoms with Crippen LogP contribution in [0.3, 0.4) is 0 Å². The molecule has 1 aliphatic carbocycles. The molecule has 4 heteroatoms. The molecular formula is C13H22ClN3. The Bertz CT molecular complexity index is 369. The summed E-state index contributed by atoms with van der Waals surface area (Å²) < 4.78 is 0. The monoisotopic (exact) mass is 255 g/mol. The van der Waals surface area contributed by atoms with Gasteiger partial charge in [-0.3, -0.25) is 0 Å². The minimum atomic E-state index is 0.539. The Morgan fingerprint density at radius 3 is 2.88 bits per heavy atom. The van der Waals surface area contributed by atoms with Crippen molar-refractivity contribution in [2.45, 2.75) is 52.5 Å². The first-order chi connectivity index (χ1) is 8.13. The number of aromatic amines is 1. The number of hydrogen-bond acceptors (Lipinski definition) is 2. The molecule has 0 unspecified atom stereocenters. The summed E-state index contributed by atoms with van der Waals surface area (Å²) in [6, 6.07) is 0. The van der Waals surface area contributed by atoms with Gasteiger partial charge in [0.1, 0.15) is 5.82 Å². The number of nitrogens with one attached hydrogen (secondary N) is 2. The Balaban J connectivity index is 1.80. The van der Waals surface area contributed by atoms with Crippen molar-refractivity contribution in [1.29, 1.82) is 0 Å². The van der Waals surface area contributed by atoms with Crippen LogP contribution in [0.1, 0.15) is 51.0 Å². The van der Waals surface area contributed by atoms with Crippen LogP contribution < -0.4 is 5.32 Å². The van der Waals surface area contributed by atoms with Gasteiger partial charge < -0.3 is 10.3 Å². The second kappa shape index (κ2) is 5.40. The summed E-state index contributed by atoms with van der Waals surface area (Å²) in [7, 11) is 0. The largest absolute Gasteiger partial charge is 0.344 e. The van der Waals surface area contributed by atoms with E-state index in [0.717, 1.165) is 37.4 Å². The average Bonchev–Trinajstić information content (AvgIpc) is 2.92. The third-order valence-electron chi connectivity index (χ3n) is 3.50. The maximum absolute atomic E-state index is 6.11. The number of hydrogen-bond donors (Lipinski definition) is 2. The molecule has 0 aromatic carbocycles. The molecule has 2 rings (SSSR count). The van der Waals surface area contributed by atoms with E-state index in [4.69, 9.17) is 11.6 Å². The molecule has 1 aromatic rings. The topological polar surface area (TPSA) is 40.7 Å². The van der Waals surface area contributed by atoms with Gasteiger partial charge in [-0.15, -0.1) is 0 Å². The van der Waals surface area contributed by atoms with Gasteiger partial charge in [-0.05, 0) is 24.7 Å². The van der Waals surface area contributed by atoms with Crippen molar-refractivity contribution in [3.05, 3.63) is 16.7 Å². The molecule has 0 spiro atoms. The van der Waals surface area contributed by atoms with E-state index in [-0.39, 0.29) is 0 Å². The molecule has 1 saturated carbocycles.